The molecule has 1 rings (SSSR count). The SMILES string of the molecule is CC(C)(COc1c(F)c(F)cc(F)c1F)C(=O)O. The van der Waals surface area contributed by atoms with Crippen LogP contribution in [0.4, 0.5) is 17.6 Å². The van der Waals surface area contributed by atoms with E-state index in [0.29, 0.717) is 0 Å². The minimum Gasteiger partial charge on any atom is -0.486 e. The Balaban J connectivity index is 3.02. The molecule has 0 heterocycles. The van der Waals surface area contributed by atoms with Gasteiger partial charge in [0.25, 0.3) is 0 Å². The van der Waals surface area contributed by atoms with E-state index in [0.717, 1.165) is 0 Å². The van der Waals surface area contributed by atoms with E-state index in [2.05, 4.69) is 4.74 Å². The summed E-state index contributed by atoms with van der Waals surface area (Å²) in [6.07, 6.45) is 0. The van der Waals surface area contributed by atoms with Crippen molar-refractivity contribution in [3.63, 3.8) is 0 Å². The van der Waals surface area contributed by atoms with Crippen LogP contribution in [0, 0.1) is 28.7 Å². The van der Waals surface area contributed by atoms with Gasteiger partial charge in [-0.1, -0.05) is 0 Å². The van der Waals surface area contributed by atoms with Gasteiger partial charge in [0.2, 0.25) is 11.6 Å². The molecular weight excluding hydrogens is 256 g/mol. The molecule has 1 aromatic rings. The lowest BCUT2D eigenvalue weighted by Gasteiger charge is -2.20. The number of carboxylic acids is 1. The maximum Gasteiger partial charge on any atom is 0.312 e. The van der Waals surface area contributed by atoms with Gasteiger partial charge in [-0.2, -0.15) is 8.78 Å². The Hall–Kier alpha value is -1.79. The number of carbonyl (C=O) groups is 1. The van der Waals surface area contributed by atoms with Gasteiger partial charge in [-0.15, -0.1) is 0 Å². The first kappa shape index (κ1) is 14.3. The summed E-state index contributed by atoms with van der Waals surface area (Å²) < 4.78 is 56.5. The molecule has 0 saturated carbocycles. The summed E-state index contributed by atoms with van der Waals surface area (Å²) in [7, 11) is 0. The molecule has 0 radical (unpaired) electrons. The van der Waals surface area contributed by atoms with Crippen molar-refractivity contribution in [1.29, 1.82) is 0 Å². The highest BCUT2D eigenvalue weighted by Crippen LogP contribution is 2.28. The Labute approximate surface area is 100.0 Å². The van der Waals surface area contributed by atoms with Gasteiger partial charge in [0.1, 0.15) is 6.61 Å². The zero-order valence-electron chi connectivity index (χ0n) is 9.56. The molecule has 1 aromatic carbocycles. The normalized spacial score (nSPS) is 11.4. The van der Waals surface area contributed by atoms with Crippen molar-refractivity contribution in [2.45, 2.75) is 13.8 Å². The van der Waals surface area contributed by atoms with Gasteiger partial charge in [-0.25, -0.2) is 8.78 Å². The molecule has 0 saturated heterocycles. The molecule has 0 unspecified atom stereocenters. The predicted octanol–water partition coefficient (Wildman–Crippen LogP) is 2.73. The zero-order chi connectivity index (χ0) is 14.1. The van der Waals surface area contributed by atoms with Gasteiger partial charge in [0, 0.05) is 6.07 Å². The first-order valence-corrected chi connectivity index (χ1v) is 4.86. The van der Waals surface area contributed by atoms with E-state index >= 15 is 0 Å². The standard InChI is InChI=1S/C11H10F4O3/c1-11(2,10(16)17)4-18-9-7(14)5(12)3-6(13)8(9)15/h3H,4H2,1-2H3,(H,16,17). The van der Waals surface area contributed by atoms with Crippen LogP contribution >= 0.6 is 0 Å². The third kappa shape index (κ3) is 2.72. The molecule has 0 aliphatic heterocycles. The third-order valence-corrected chi connectivity index (χ3v) is 2.23. The second-order valence-corrected chi connectivity index (χ2v) is 4.28. The lowest BCUT2D eigenvalue weighted by atomic mass is 9.95. The van der Waals surface area contributed by atoms with Crippen LogP contribution in [0.3, 0.4) is 0 Å². The molecule has 0 amide bonds. The molecule has 100 valence electrons. The van der Waals surface area contributed by atoms with Crippen molar-refractivity contribution in [2.24, 2.45) is 5.41 Å². The fraction of sp³-hybridized carbons (Fsp3) is 0.364. The van der Waals surface area contributed by atoms with E-state index in [9.17, 15) is 22.4 Å². The van der Waals surface area contributed by atoms with Crippen LogP contribution in [-0.4, -0.2) is 17.7 Å². The van der Waals surface area contributed by atoms with Gasteiger partial charge in [0.15, 0.2) is 17.4 Å². The molecule has 0 spiro atoms. The van der Waals surface area contributed by atoms with Crippen molar-refractivity contribution >= 4 is 5.97 Å². The van der Waals surface area contributed by atoms with Crippen molar-refractivity contribution in [3.8, 4) is 5.75 Å². The number of halogens is 4. The second-order valence-electron chi connectivity index (χ2n) is 4.28. The Bertz CT molecular complexity index is 459. The largest absolute Gasteiger partial charge is 0.486 e. The molecule has 7 heteroatoms. The summed E-state index contributed by atoms with van der Waals surface area (Å²) >= 11 is 0. The summed E-state index contributed by atoms with van der Waals surface area (Å²) in [5.41, 5.74) is -1.46. The number of hydrogen-bond donors (Lipinski definition) is 1. The first-order chi connectivity index (χ1) is 8.16. The number of hydrogen-bond acceptors (Lipinski definition) is 2. The molecular formula is C11H10F4O3. The molecule has 0 fully saturated rings. The van der Waals surface area contributed by atoms with Gasteiger partial charge in [-0.05, 0) is 13.8 Å². The number of carboxylic acid groups (broad SMARTS) is 1. The highest BCUT2D eigenvalue weighted by molar-refractivity contribution is 5.73. The molecule has 1 N–H and O–H groups in total. The molecule has 0 atom stereocenters. The first-order valence-electron chi connectivity index (χ1n) is 4.86. The van der Waals surface area contributed by atoms with Crippen molar-refractivity contribution in [2.75, 3.05) is 6.61 Å². The Morgan fingerprint density at radius 2 is 1.67 bits per heavy atom. The maximum absolute atomic E-state index is 13.2. The Morgan fingerprint density at radius 1 is 1.22 bits per heavy atom. The summed E-state index contributed by atoms with van der Waals surface area (Å²) in [4.78, 5) is 10.7. The van der Waals surface area contributed by atoms with Crippen molar-refractivity contribution in [1.82, 2.24) is 0 Å². The van der Waals surface area contributed by atoms with Crippen LogP contribution in [0.1, 0.15) is 13.8 Å². The monoisotopic (exact) mass is 266 g/mol. The predicted molar refractivity (Wildman–Crippen MR) is 53.2 cm³/mol. The minimum atomic E-state index is -1.70. The highest BCUT2D eigenvalue weighted by atomic mass is 19.2. The lowest BCUT2D eigenvalue weighted by Crippen LogP contribution is -2.31. The van der Waals surface area contributed by atoms with Crippen LogP contribution < -0.4 is 4.74 Å². The molecule has 0 aromatic heterocycles. The zero-order valence-corrected chi connectivity index (χ0v) is 9.56. The quantitative estimate of drug-likeness (QED) is 0.673. The second kappa shape index (κ2) is 4.83. The van der Waals surface area contributed by atoms with E-state index in [1.807, 2.05) is 0 Å². The van der Waals surface area contributed by atoms with Gasteiger partial charge in [0.05, 0.1) is 5.41 Å². The fourth-order valence-corrected chi connectivity index (χ4v) is 0.992. The van der Waals surface area contributed by atoms with E-state index in [4.69, 9.17) is 5.11 Å². The maximum atomic E-state index is 13.2. The van der Waals surface area contributed by atoms with Crippen LogP contribution in [-0.2, 0) is 4.79 Å². The fourth-order valence-electron chi connectivity index (χ4n) is 0.992. The molecule has 18 heavy (non-hydrogen) atoms. The van der Waals surface area contributed by atoms with E-state index in [-0.39, 0.29) is 6.07 Å². The summed E-state index contributed by atoms with van der Waals surface area (Å²) in [5.74, 6) is -9.17. The molecule has 0 aliphatic carbocycles. The van der Waals surface area contributed by atoms with Crippen LogP contribution in [0.25, 0.3) is 0 Å². The van der Waals surface area contributed by atoms with Crippen LogP contribution in [0.5, 0.6) is 5.75 Å². The number of ether oxygens (including phenoxy) is 1. The third-order valence-electron chi connectivity index (χ3n) is 2.23. The van der Waals surface area contributed by atoms with Gasteiger partial charge < -0.3 is 9.84 Å². The van der Waals surface area contributed by atoms with E-state index < -0.39 is 47.0 Å². The molecule has 3 nitrogen and oxygen atoms in total. The highest BCUT2D eigenvalue weighted by Gasteiger charge is 2.30. The number of benzene rings is 1. The Kier molecular flexibility index (Phi) is 3.83. The lowest BCUT2D eigenvalue weighted by molar-refractivity contribution is -0.148. The van der Waals surface area contributed by atoms with Crippen molar-refractivity contribution < 1.29 is 32.2 Å². The topological polar surface area (TPSA) is 46.5 Å². The van der Waals surface area contributed by atoms with E-state index in [1.54, 1.807) is 0 Å². The Morgan fingerprint density at radius 3 is 2.06 bits per heavy atom. The minimum absolute atomic E-state index is 0.0415. The average Bonchev–Trinajstić information content (AvgIpc) is 2.26. The number of rotatable bonds is 4. The summed E-state index contributed by atoms with van der Waals surface area (Å²) in [5, 5.41) is 8.75. The van der Waals surface area contributed by atoms with Crippen molar-refractivity contribution in [3.05, 3.63) is 29.3 Å². The number of aliphatic carboxylic acids is 1. The average molecular weight is 266 g/mol. The van der Waals surface area contributed by atoms with E-state index in [1.165, 1.54) is 13.8 Å². The smallest absolute Gasteiger partial charge is 0.312 e. The van der Waals surface area contributed by atoms with Gasteiger partial charge in [-0.3, -0.25) is 4.79 Å². The molecule has 0 bridgehead atoms. The molecule has 0 aliphatic rings. The summed E-state index contributed by atoms with van der Waals surface area (Å²) in [6, 6.07) is 0.0415. The van der Waals surface area contributed by atoms with Gasteiger partial charge >= 0.3 is 5.97 Å². The van der Waals surface area contributed by atoms with Crippen LogP contribution in [0.2, 0.25) is 0 Å². The summed E-state index contributed by atoms with van der Waals surface area (Å²) in [6.45, 7) is 1.83. The van der Waals surface area contributed by atoms with Crippen LogP contribution in [0.15, 0.2) is 6.07 Å².